The Morgan fingerprint density at radius 3 is 2.88 bits per heavy atom. The third-order valence-electron chi connectivity index (χ3n) is 3.52. The number of anilines is 1. The van der Waals surface area contributed by atoms with Crippen LogP contribution in [0.3, 0.4) is 0 Å². The maximum Gasteiger partial charge on any atom is 0.262 e. The van der Waals surface area contributed by atoms with E-state index >= 15 is 0 Å². The second kappa shape index (κ2) is 6.21. The Balaban J connectivity index is 1.50. The van der Waals surface area contributed by atoms with Crippen molar-refractivity contribution in [1.29, 1.82) is 0 Å². The number of carbonyl (C=O) groups excluding carboxylic acids is 1. The minimum absolute atomic E-state index is 0.260. The van der Waals surface area contributed by atoms with E-state index in [1.54, 1.807) is 29.2 Å². The molecule has 0 spiro atoms. The minimum Gasteiger partial charge on any atom is -0.298 e. The fourth-order valence-electron chi connectivity index (χ4n) is 2.40. The minimum atomic E-state index is -0.260. The van der Waals surface area contributed by atoms with Crippen molar-refractivity contribution in [1.82, 2.24) is 19.6 Å². The van der Waals surface area contributed by atoms with Gasteiger partial charge in [0.1, 0.15) is 5.56 Å². The number of benzene rings is 1. The molecule has 118 valence electrons. The molecule has 0 aliphatic carbocycles. The average Bonchev–Trinajstić information content (AvgIpc) is 3.22. The van der Waals surface area contributed by atoms with Gasteiger partial charge in [0.15, 0.2) is 10.8 Å². The molecule has 7 heteroatoms. The van der Waals surface area contributed by atoms with Gasteiger partial charge in [-0.2, -0.15) is 5.10 Å². The second-order valence-corrected chi connectivity index (χ2v) is 6.31. The van der Waals surface area contributed by atoms with E-state index in [-0.39, 0.29) is 5.91 Å². The lowest BCUT2D eigenvalue weighted by Crippen LogP contribution is -2.11. The largest absolute Gasteiger partial charge is 0.298 e. The van der Waals surface area contributed by atoms with Crippen molar-refractivity contribution in [2.45, 2.75) is 6.42 Å². The Labute approximate surface area is 141 Å². The van der Waals surface area contributed by atoms with Gasteiger partial charge in [0, 0.05) is 29.9 Å². The molecule has 1 N–H and O–H groups in total. The van der Waals surface area contributed by atoms with E-state index in [0.717, 1.165) is 11.3 Å². The summed E-state index contributed by atoms with van der Waals surface area (Å²) < 4.78 is 1.57. The maximum absolute atomic E-state index is 12.4. The van der Waals surface area contributed by atoms with Crippen molar-refractivity contribution in [3.63, 3.8) is 0 Å². The van der Waals surface area contributed by atoms with Crippen LogP contribution in [0.1, 0.15) is 20.8 Å². The van der Waals surface area contributed by atoms with Crippen molar-refractivity contribution < 1.29 is 4.79 Å². The van der Waals surface area contributed by atoms with Crippen molar-refractivity contribution in [3.8, 4) is 0 Å². The number of aromatic nitrogens is 4. The van der Waals surface area contributed by atoms with E-state index in [1.165, 1.54) is 23.1 Å². The standard InChI is InChI=1S/C17H13N5OS/c23-16(14-11-20-22-8-4-7-18-15(14)22)21-17-19-10-13(24-17)9-12-5-2-1-3-6-12/h1-8,10-11H,9H2,(H,19,21,23). The van der Waals surface area contributed by atoms with Gasteiger partial charge in [0.25, 0.3) is 5.91 Å². The summed E-state index contributed by atoms with van der Waals surface area (Å²) >= 11 is 1.47. The molecule has 0 fully saturated rings. The molecule has 3 heterocycles. The molecular formula is C17H13N5OS. The Morgan fingerprint density at radius 1 is 1.12 bits per heavy atom. The highest BCUT2D eigenvalue weighted by molar-refractivity contribution is 7.15. The first-order valence-corrected chi connectivity index (χ1v) is 8.19. The Kier molecular flexibility index (Phi) is 3.76. The molecule has 4 aromatic rings. The third kappa shape index (κ3) is 2.89. The smallest absolute Gasteiger partial charge is 0.262 e. The summed E-state index contributed by atoms with van der Waals surface area (Å²) in [6, 6.07) is 11.9. The summed E-state index contributed by atoms with van der Waals surface area (Å²) in [6.07, 6.45) is 7.49. The first kappa shape index (κ1) is 14.5. The van der Waals surface area contributed by atoms with Crippen LogP contribution in [0, 0.1) is 0 Å². The van der Waals surface area contributed by atoms with Gasteiger partial charge >= 0.3 is 0 Å². The molecule has 0 aliphatic heterocycles. The summed E-state index contributed by atoms with van der Waals surface area (Å²) in [4.78, 5) is 22.0. The lowest BCUT2D eigenvalue weighted by Gasteiger charge is -1.99. The third-order valence-corrected chi connectivity index (χ3v) is 4.43. The van der Waals surface area contributed by atoms with Crippen molar-refractivity contribution >= 4 is 28.0 Å². The SMILES string of the molecule is O=C(Nc1ncc(Cc2ccccc2)s1)c1cnn2cccnc12. The van der Waals surface area contributed by atoms with Gasteiger partial charge < -0.3 is 0 Å². The lowest BCUT2D eigenvalue weighted by atomic mass is 10.1. The first-order chi connectivity index (χ1) is 11.8. The zero-order valence-electron chi connectivity index (χ0n) is 12.6. The number of nitrogens with one attached hydrogen (secondary N) is 1. The molecule has 6 nitrogen and oxygen atoms in total. The molecule has 0 saturated heterocycles. The molecule has 1 amide bonds. The predicted octanol–water partition coefficient (Wildman–Crippen LogP) is 3.03. The predicted molar refractivity (Wildman–Crippen MR) is 92.3 cm³/mol. The number of hydrogen-bond acceptors (Lipinski definition) is 5. The van der Waals surface area contributed by atoms with Crippen LogP contribution < -0.4 is 5.32 Å². The highest BCUT2D eigenvalue weighted by Crippen LogP contribution is 2.22. The molecule has 0 atom stereocenters. The molecule has 0 aliphatic rings. The number of carbonyl (C=O) groups is 1. The molecule has 4 rings (SSSR count). The molecule has 24 heavy (non-hydrogen) atoms. The van der Waals surface area contributed by atoms with E-state index in [0.29, 0.717) is 16.3 Å². The van der Waals surface area contributed by atoms with Gasteiger partial charge in [-0.25, -0.2) is 14.5 Å². The summed E-state index contributed by atoms with van der Waals surface area (Å²) in [5.41, 5.74) is 2.16. The number of hydrogen-bond donors (Lipinski definition) is 1. The van der Waals surface area contributed by atoms with Crippen LogP contribution in [0.2, 0.25) is 0 Å². The van der Waals surface area contributed by atoms with Crippen molar-refractivity contribution in [3.05, 3.63) is 77.2 Å². The Morgan fingerprint density at radius 2 is 2.00 bits per heavy atom. The first-order valence-electron chi connectivity index (χ1n) is 7.38. The summed E-state index contributed by atoms with van der Waals surface area (Å²) in [5, 5.41) is 7.51. The number of amides is 1. The van der Waals surface area contributed by atoms with Crippen molar-refractivity contribution in [2.75, 3.05) is 5.32 Å². The summed E-state index contributed by atoms with van der Waals surface area (Å²) in [5.74, 6) is -0.260. The Bertz CT molecular complexity index is 992. The van der Waals surface area contributed by atoms with Crippen LogP contribution in [0.25, 0.3) is 5.65 Å². The number of thiazole rings is 1. The van der Waals surface area contributed by atoms with Gasteiger partial charge in [0.05, 0.1) is 6.20 Å². The summed E-state index contributed by atoms with van der Waals surface area (Å²) in [6.45, 7) is 0. The molecule has 3 aromatic heterocycles. The van der Waals surface area contributed by atoms with Crippen LogP contribution >= 0.6 is 11.3 Å². The summed E-state index contributed by atoms with van der Waals surface area (Å²) in [7, 11) is 0. The van der Waals surface area contributed by atoms with Gasteiger partial charge in [-0.15, -0.1) is 11.3 Å². The highest BCUT2D eigenvalue weighted by Gasteiger charge is 2.15. The number of fused-ring (bicyclic) bond motifs is 1. The molecule has 0 unspecified atom stereocenters. The molecule has 0 saturated carbocycles. The van der Waals surface area contributed by atoms with E-state index in [2.05, 4.69) is 32.5 Å². The molecule has 0 bridgehead atoms. The van der Waals surface area contributed by atoms with Crippen LogP contribution in [0.15, 0.2) is 61.2 Å². The molecule has 1 aromatic carbocycles. The fourth-order valence-corrected chi connectivity index (χ4v) is 3.24. The van der Waals surface area contributed by atoms with Crippen molar-refractivity contribution in [2.24, 2.45) is 0 Å². The van der Waals surface area contributed by atoms with Crippen LogP contribution in [-0.4, -0.2) is 25.5 Å². The molecular weight excluding hydrogens is 322 g/mol. The number of nitrogens with zero attached hydrogens (tertiary/aromatic N) is 4. The zero-order chi connectivity index (χ0) is 16.4. The van der Waals surface area contributed by atoms with Crippen LogP contribution in [0.4, 0.5) is 5.13 Å². The van der Waals surface area contributed by atoms with E-state index in [9.17, 15) is 4.79 Å². The quantitative estimate of drug-likeness (QED) is 0.622. The van der Waals surface area contributed by atoms with Crippen LogP contribution in [-0.2, 0) is 6.42 Å². The topological polar surface area (TPSA) is 72.2 Å². The zero-order valence-corrected chi connectivity index (χ0v) is 13.4. The highest BCUT2D eigenvalue weighted by atomic mass is 32.1. The van der Waals surface area contributed by atoms with E-state index in [1.807, 2.05) is 18.2 Å². The Hall–Kier alpha value is -3.06. The van der Waals surface area contributed by atoms with E-state index < -0.39 is 0 Å². The van der Waals surface area contributed by atoms with Gasteiger partial charge in [-0.05, 0) is 11.6 Å². The second-order valence-electron chi connectivity index (χ2n) is 5.19. The molecule has 0 radical (unpaired) electrons. The van der Waals surface area contributed by atoms with Crippen LogP contribution in [0.5, 0.6) is 0 Å². The number of rotatable bonds is 4. The maximum atomic E-state index is 12.4. The average molecular weight is 335 g/mol. The van der Waals surface area contributed by atoms with Gasteiger partial charge in [-0.1, -0.05) is 30.3 Å². The fraction of sp³-hybridized carbons (Fsp3) is 0.0588. The monoisotopic (exact) mass is 335 g/mol. The van der Waals surface area contributed by atoms with Gasteiger partial charge in [-0.3, -0.25) is 10.1 Å². The lowest BCUT2D eigenvalue weighted by molar-refractivity contribution is 0.102. The normalized spacial score (nSPS) is 10.8. The van der Waals surface area contributed by atoms with E-state index in [4.69, 9.17) is 0 Å². The van der Waals surface area contributed by atoms with Gasteiger partial charge in [0.2, 0.25) is 0 Å².